The van der Waals surface area contributed by atoms with Crippen LogP contribution in [0.2, 0.25) is 0 Å². The highest BCUT2D eigenvalue weighted by Gasteiger charge is 2.40. The first kappa shape index (κ1) is 17.0. The van der Waals surface area contributed by atoms with Crippen LogP contribution in [-0.2, 0) is 9.47 Å². The Labute approximate surface area is 138 Å². The molecule has 2 unspecified atom stereocenters. The zero-order valence-corrected chi connectivity index (χ0v) is 14.0. The van der Waals surface area contributed by atoms with Crippen molar-refractivity contribution in [1.82, 2.24) is 10.2 Å². The fourth-order valence-corrected chi connectivity index (χ4v) is 4.26. The number of aliphatic hydroxyl groups excluding tert-OH is 1. The number of piperidine rings is 1. The van der Waals surface area contributed by atoms with Crippen molar-refractivity contribution in [2.45, 2.75) is 69.1 Å². The molecule has 0 radical (unpaired) electrons. The highest BCUT2D eigenvalue weighted by molar-refractivity contribution is 5.74. The lowest BCUT2D eigenvalue weighted by atomic mass is 9.89. The Kier molecular flexibility index (Phi) is 5.77. The van der Waals surface area contributed by atoms with E-state index in [1.54, 1.807) is 0 Å². The number of rotatable bonds is 4. The van der Waals surface area contributed by atoms with Gasteiger partial charge in [0.25, 0.3) is 0 Å². The summed E-state index contributed by atoms with van der Waals surface area (Å²) in [5, 5.41) is 12.1. The van der Waals surface area contributed by atoms with Crippen molar-refractivity contribution in [2.75, 3.05) is 32.9 Å². The lowest BCUT2D eigenvalue weighted by molar-refractivity contribution is -0.0826. The van der Waals surface area contributed by atoms with Crippen LogP contribution >= 0.6 is 0 Å². The van der Waals surface area contributed by atoms with Gasteiger partial charge in [0, 0.05) is 25.7 Å². The van der Waals surface area contributed by atoms with Crippen LogP contribution in [0.25, 0.3) is 0 Å². The second-order valence-electron chi connectivity index (χ2n) is 7.18. The molecule has 0 aromatic rings. The molecule has 1 saturated carbocycles. The third kappa shape index (κ3) is 4.37. The molecular formula is C17H30N2O4. The lowest BCUT2D eigenvalue weighted by Gasteiger charge is -2.40. The number of carbonyl (C=O) groups excluding carboxylic acids is 1. The van der Waals surface area contributed by atoms with Crippen molar-refractivity contribution in [1.29, 1.82) is 0 Å². The summed E-state index contributed by atoms with van der Waals surface area (Å²) in [6.07, 6.45) is 8.61. The van der Waals surface area contributed by atoms with Crippen molar-refractivity contribution >= 4 is 6.03 Å². The quantitative estimate of drug-likeness (QED) is 0.824. The van der Waals surface area contributed by atoms with Crippen LogP contribution in [-0.4, -0.2) is 66.7 Å². The van der Waals surface area contributed by atoms with E-state index in [1.165, 1.54) is 12.8 Å². The van der Waals surface area contributed by atoms with Crippen LogP contribution in [0.5, 0.6) is 0 Å². The number of hydrogen-bond donors (Lipinski definition) is 2. The van der Waals surface area contributed by atoms with E-state index >= 15 is 0 Å². The zero-order valence-electron chi connectivity index (χ0n) is 14.0. The third-order valence-corrected chi connectivity index (χ3v) is 5.45. The van der Waals surface area contributed by atoms with E-state index in [0.717, 1.165) is 51.7 Å². The fraction of sp³-hybridized carbons (Fsp3) is 0.941. The maximum atomic E-state index is 12.6. The molecule has 23 heavy (non-hydrogen) atoms. The highest BCUT2D eigenvalue weighted by Crippen LogP contribution is 2.40. The summed E-state index contributed by atoms with van der Waals surface area (Å²) in [5.41, 5.74) is 0.0326. The molecule has 0 aromatic carbocycles. The number of urea groups is 1. The normalized spacial score (nSPS) is 30.6. The first-order valence-corrected chi connectivity index (χ1v) is 9.13. The van der Waals surface area contributed by atoms with Gasteiger partial charge in [-0.2, -0.15) is 0 Å². The average Bonchev–Trinajstić information content (AvgIpc) is 3.01. The first-order valence-electron chi connectivity index (χ1n) is 9.13. The molecule has 2 amide bonds. The Bertz CT molecular complexity index is 398. The molecule has 2 saturated heterocycles. The molecule has 132 valence electrons. The highest BCUT2D eigenvalue weighted by atomic mass is 16.5. The number of nitrogens with one attached hydrogen (secondary N) is 1. The number of ether oxygens (including phenoxy) is 2. The number of likely N-dealkylation sites (tertiary alicyclic amines) is 1. The van der Waals surface area contributed by atoms with E-state index in [0.29, 0.717) is 13.2 Å². The van der Waals surface area contributed by atoms with Gasteiger partial charge in [-0.1, -0.05) is 12.8 Å². The number of aliphatic hydroxyl groups is 1. The molecule has 0 bridgehead atoms. The van der Waals surface area contributed by atoms with E-state index in [-0.39, 0.29) is 30.4 Å². The summed E-state index contributed by atoms with van der Waals surface area (Å²) in [7, 11) is 0. The SMILES string of the molecule is O=C(NC1CCOC2(CCCC2)C1)N1CCCC(OCCO)C1. The number of hydrogen-bond acceptors (Lipinski definition) is 4. The lowest BCUT2D eigenvalue weighted by Crippen LogP contribution is -2.53. The van der Waals surface area contributed by atoms with Gasteiger partial charge in [-0.25, -0.2) is 4.79 Å². The van der Waals surface area contributed by atoms with Crippen molar-refractivity contribution in [2.24, 2.45) is 0 Å². The van der Waals surface area contributed by atoms with Gasteiger partial charge in [0.05, 0.1) is 24.9 Å². The van der Waals surface area contributed by atoms with Gasteiger partial charge in [0.15, 0.2) is 0 Å². The molecule has 3 aliphatic rings. The summed E-state index contributed by atoms with van der Waals surface area (Å²) < 4.78 is 11.6. The molecular weight excluding hydrogens is 296 g/mol. The molecule has 2 atom stereocenters. The summed E-state index contributed by atoms with van der Waals surface area (Å²) in [6, 6.07) is 0.260. The predicted molar refractivity (Wildman–Crippen MR) is 86.3 cm³/mol. The van der Waals surface area contributed by atoms with E-state index in [4.69, 9.17) is 14.6 Å². The summed E-state index contributed by atoms with van der Waals surface area (Å²) in [6.45, 7) is 2.56. The topological polar surface area (TPSA) is 71.0 Å². The van der Waals surface area contributed by atoms with E-state index in [1.807, 2.05) is 4.90 Å². The van der Waals surface area contributed by atoms with E-state index in [2.05, 4.69) is 5.32 Å². The van der Waals surface area contributed by atoms with E-state index in [9.17, 15) is 4.79 Å². The van der Waals surface area contributed by atoms with Gasteiger partial charge in [-0.05, 0) is 38.5 Å². The summed E-state index contributed by atoms with van der Waals surface area (Å²) >= 11 is 0. The maximum Gasteiger partial charge on any atom is 0.317 e. The molecule has 2 aliphatic heterocycles. The van der Waals surface area contributed by atoms with Crippen LogP contribution < -0.4 is 5.32 Å². The molecule has 1 spiro atoms. The minimum atomic E-state index is 0.0299. The molecule has 0 aromatic heterocycles. The van der Waals surface area contributed by atoms with Gasteiger partial charge in [-0.15, -0.1) is 0 Å². The van der Waals surface area contributed by atoms with Crippen molar-refractivity contribution in [3.63, 3.8) is 0 Å². The standard InChI is InChI=1S/C17H30N2O4/c20-9-11-22-15-4-3-8-19(13-15)16(21)18-14-5-10-23-17(12-14)6-1-2-7-17/h14-15,20H,1-13H2,(H,18,21). The third-order valence-electron chi connectivity index (χ3n) is 5.45. The van der Waals surface area contributed by atoms with Crippen LogP contribution in [0.1, 0.15) is 51.4 Å². The minimum absolute atomic E-state index is 0.0299. The predicted octanol–water partition coefficient (Wildman–Crippen LogP) is 1.66. The Morgan fingerprint density at radius 2 is 2.13 bits per heavy atom. The zero-order chi connectivity index (χ0) is 16.1. The molecule has 2 heterocycles. The monoisotopic (exact) mass is 326 g/mol. The number of carbonyl (C=O) groups is 1. The van der Waals surface area contributed by atoms with Crippen LogP contribution in [0.15, 0.2) is 0 Å². The van der Waals surface area contributed by atoms with Crippen molar-refractivity contribution < 1.29 is 19.4 Å². The van der Waals surface area contributed by atoms with Gasteiger partial charge in [0.2, 0.25) is 0 Å². The Balaban J connectivity index is 1.48. The fourth-order valence-electron chi connectivity index (χ4n) is 4.26. The smallest absolute Gasteiger partial charge is 0.317 e. The van der Waals surface area contributed by atoms with Gasteiger partial charge in [0.1, 0.15) is 0 Å². The Hall–Kier alpha value is -0.850. The van der Waals surface area contributed by atoms with Crippen LogP contribution in [0.3, 0.4) is 0 Å². The minimum Gasteiger partial charge on any atom is -0.394 e. The van der Waals surface area contributed by atoms with Crippen molar-refractivity contribution in [3.05, 3.63) is 0 Å². The maximum absolute atomic E-state index is 12.6. The molecule has 6 nitrogen and oxygen atoms in total. The van der Waals surface area contributed by atoms with Crippen LogP contribution in [0, 0.1) is 0 Å². The Morgan fingerprint density at radius 3 is 2.91 bits per heavy atom. The Morgan fingerprint density at radius 1 is 1.30 bits per heavy atom. The van der Waals surface area contributed by atoms with Crippen LogP contribution in [0.4, 0.5) is 4.79 Å². The second-order valence-corrected chi connectivity index (χ2v) is 7.18. The largest absolute Gasteiger partial charge is 0.394 e. The van der Waals surface area contributed by atoms with Crippen molar-refractivity contribution in [3.8, 4) is 0 Å². The number of amides is 2. The van der Waals surface area contributed by atoms with E-state index < -0.39 is 0 Å². The molecule has 6 heteroatoms. The summed E-state index contributed by atoms with van der Waals surface area (Å²) in [5.74, 6) is 0. The molecule has 1 aliphatic carbocycles. The first-order chi connectivity index (χ1) is 11.2. The van der Waals surface area contributed by atoms with Gasteiger partial charge in [-0.3, -0.25) is 0 Å². The molecule has 2 N–H and O–H groups in total. The second kappa shape index (κ2) is 7.81. The van der Waals surface area contributed by atoms with Gasteiger partial charge >= 0.3 is 6.03 Å². The molecule has 3 fully saturated rings. The molecule has 3 rings (SSSR count). The number of nitrogens with zero attached hydrogens (tertiary/aromatic N) is 1. The average molecular weight is 326 g/mol. The van der Waals surface area contributed by atoms with Gasteiger partial charge < -0.3 is 24.8 Å². The summed E-state index contributed by atoms with van der Waals surface area (Å²) in [4.78, 5) is 14.4.